The van der Waals surface area contributed by atoms with Gasteiger partial charge in [0.1, 0.15) is 0 Å². The minimum Gasteiger partial charge on any atom is -0.307 e. The number of hydrogen-bond donors (Lipinski definition) is 1. The molecule has 0 aromatic rings. The van der Waals surface area contributed by atoms with E-state index in [1.54, 1.807) is 0 Å². The highest BCUT2D eigenvalue weighted by molar-refractivity contribution is 6.18. The van der Waals surface area contributed by atoms with Gasteiger partial charge >= 0.3 is 0 Å². The Morgan fingerprint density at radius 3 is 2.53 bits per heavy atom. The summed E-state index contributed by atoms with van der Waals surface area (Å²) >= 11 is 6.20. The van der Waals surface area contributed by atoms with Crippen molar-refractivity contribution in [1.82, 2.24) is 5.32 Å². The maximum Gasteiger partial charge on any atom is 0.0406 e. The Balaban J connectivity index is 2.58. The average Bonchev–Trinajstić information content (AvgIpc) is 2.26. The zero-order valence-corrected chi connectivity index (χ0v) is 11.2. The average molecular weight is 232 g/mol. The number of nitrogens with one attached hydrogen (secondary N) is 1. The molecule has 1 nitrogen and oxygen atoms in total. The van der Waals surface area contributed by atoms with Gasteiger partial charge in [-0.05, 0) is 31.6 Å². The summed E-state index contributed by atoms with van der Waals surface area (Å²) in [7, 11) is 0. The Labute approximate surface area is 100.0 Å². The van der Waals surface area contributed by atoms with E-state index in [9.17, 15) is 0 Å². The van der Waals surface area contributed by atoms with Crippen LogP contribution in [-0.4, -0.2) is 17.5 Å². The fourth-order valence-electron chi connectivity index (χ4n) is 2.88. The molecule has 0 spiro atoms. The molecule has 0 amide bonds. The van der Waals surface area contributed by atoms with Crippen molar-refractivity contribution < 1.29 is 0 Å². The first-order valence-corrected chi connectivity index (χ1v) is 7.03. The summed E-state index contributed by atoms with van der Waals surface area (Å²) < 4.78 is 0. The molecule has 2 heteroatoms. The minimum absolute atomic E-state index is 0.232. The second-order valence-electron chi connectivity index (χ2n) is 5.27. The molecule has 0 radical (unpaired) electrons. The van der Waals surface area contributed by atoms with Gasteiger partial charge in [-0.3, -0.25) is 0 Å². The number of alkyl halides is 1. The van der Waals surface area contributed by atoms with Crippen LogP contribution in [0.5, 0.6) is 0 Å². The summed E-state index contributed by atoms with van der Waals surface area (Å²) in [5, 5.41) is 3.82. The van der Waals surface area contributed by atoms with Gasteiger partial charge in [-0.1, -0.05) is 33.6 Å². The molecule has 1 aliphatic carbocycles. The van der Waals surface area contributed by atoms with Crippen molar-refractivity contribution in [3.63, 3.8) is 0 Å². The molecule has 1 N–H and O–H groups in total. The van der Waals surface area contributed by atoms with E-state index in [1.165, 1.54) is 38.5 Å². The molecule has 0 heterocycles. The lowest BCUT2D eigenvalue weighted by atomic mass is 9.77. The predicted octanol–water partition coefficient (Wildman–Crippen LogP) is 3.95. The van der Waals surface area contributed by atoms with Crippen LogP contribution in [0.2, 0.25) is 0 Å². The summed E-state index contributed by atoms with van der Waals surface area (Å²) in [4.78, 5) is 0. The molecule has 0 aromatic carbocycles. The van der Waals surface area contributed by atoms with Crippen molar-refractivity contribution in [2.75, 3.05) is 5.88 Å². The van der Waals surface area contributed by atoms with Gasteiger partial charge in [0.15, 0.2) is 0 Å². The molecule has 15 heavy (non-hydrogen) atoms. The standard InChI is InChI=1S/C13H26ClN/c1-4-12(5-2)15-13(10-14)8-6-7-11(3)9-13/h11-12,15H,4-10H2,1-3H3. The van der Waals surface area contributed by atoms with Crippen molar-refractivity contribution in [3.05, 3.63) is 0 Å². The van der Waals surface area contributed by atoms with E-state index in [-0.39, 0.29) is 5.54 Å². The molecule has 1 saturated carbocycles. The van der Waals surface area contributed by atoms with Gasteiger partial charge in [0, 0.05) is 17.5 Å². The first-order chi connectivity index (χ1) is 7.15. The summed E-state index contributed by atoms with van der Waals surface area (Å²) in [5.74, 6) is 1.60. The maximum absolute atomic E-state index is 6.20. The smallest absolute Gasteiger partial charge is 0.0406 e. The molecule has 0 saturated heterocycles. The van der Waals surface area contributed by atoms with Crippen molar-refractivity contribution in [1.29, 1.82) is 0 Å². The monoisotopic (exact) mass is 231 g/mol. The molecular weight excluding hydrogens is 206 g/mol. The first kappa shape index (κ1) is 13.3. The topological polar surface area (TPSA) is 12.0 Å². The second-order valence-corrected chi connectivity index (χ2v) is 5.54. The third kappa shape index (κ3) is 3.64. The highest BCUT2D eigenvalue weighted by Crippen LogP contribution is 2.33. The Kier molecular flexibility index (Phi) is 5.42. The van der Waals surface area contributed by atoms with Crippen LogP contribution in [0.3, 0.4) is 0 Å². The SMILES string of the molecule is CCC(CC)NC1(CCl)CCCC(C)C1. The van der Waals surface area contributed by atoms with Gasteiger partial charge in [0.25, 0.3) is 0 Å². The van der Waals surface area contributed by atoms with Crippen LogP contribution >= 0.6 is 11.6 Å². The van der Waals surface area contributed by atoms with Gasteiger partial charge in [-0.25, -0.2) is 0 Å². The summed E-state index contributed by atoms with van der Waals surface area (Å²) in [6, 6.07) is 0.647. The minimum atomic E-state index is 0.232. The van der Waals surface area contributed by atoms with Crippen LogP contribution in [0.4, 0.5) is 0 Å². The molecule has 0 aromatic heterocycles. The third-order valence-corrected chi connectivity index (χ3v) is 4.35. The van der Waals surface area contributed by atoms with Crippen molar-refractivity contribution in [2.45, 2.75) is 70.9 Å². The fraction of sp³-hybridized carbons (Fsp3) is 1.00. The van der Waals surface area contributed by atoms with E-state index in [0.29, 0.717) is 6.04 Å². The summed E-state index contributed by atoms with van der Waals surface area (Å²) in [6.07, 6.45) is 7.65. The number of hydrogen-bond acceptors (Lipinski definition) is 1. The van der Waals surface area contributed by atoms with Crippen molar-refractivity contribution in [3.8, 4) is 0 Å². The Morgan fingerprint density at radius 2 is 2.07 bits per heavy atom. The quantitative estimate of drug-likeness (QED) is 0.707. The zero-order valence-electron chi connectivity index (χ0n) is 10.5. The van der Waals surface area contributed by atoms with Gasteiger partial charge in [-0.2, -0.15) is 0 Å². The predicted molar refractivity (Wildman–Crippen MR) is 68.6 cm³/mol. The summed E-state index contributed by atoms with van der Waals surface area (Å²) in [6.45, 7) is 6.87. The van der Waals surface area contributed by atoms with E-state index in [4.69, 9.17) is 11.6 Å². The highest BCUT2D eigenvalue weighted by Gasteiger charge is 2.34. The number of rotatable bonds is 5. The fourth-order valence-corrected chi connectivity index (χ4v) is 3.20. The van der Waals surface area contributed by atoms with Gasteiger partial charge in [0.05, 0.1) is 0 Å². The van der Waals surface area contributed by atoms with Crippen LogP contribution in [0.1, 0.15) is 59.3 Å². The highest BCUT2D eigenvalue weighted by atomic mass is 35.5. The Bertz CT molecular complexity index is 179. The van der Waals surface area contributed by atoms with Crippen LogP contribution in [-0.2, 0) is 0 Å². The molecule has 1 aliphatic rings. The first-order valence-electron chi connectivity index (χ1n) is 6.49. The van der Waals surface area contributed by atoms with Crippen LogP contribution < -0.4 is 5.32 Å². The maximum atomic E-state index is 6.20. The molecule has 0 bridgehead atoms. The third-order valence-electron chi connectivity index (χ3n) is 3.84. The van der Waals surface area contributed by atoms with Crippen LogP contribution in [0.15, 0.2) is 0 Å². The summed E-state index contributed by atoms with van der Waals surface area (Å²) in [5.41, 5.74) is 0.232. The van der Waals surface area contributed by atoms with E-state index in [0.717, 1.165) is 11.8 Å². The lowest BCUT2D eigenvalue weighted by molar-refractivity contribution is 0.186. The van der Waals surface area contributed by atoms with Crippen LogP contribution in [0.25, 0.3) is 0 Å². The lowest BCUT2D eigenvalue weighted by Crippen LogP contribution is -2.54. The molecule has 1 fully saturated rings. The molecule has 90 valence electrons. The van der Waals surface area contributed by atoms with Crippen molar-refractivity contribution >= 4 is 11.6 Å². The van der Waals surface area contributed by atoms with E-state index in [1.807, 2.05) is 0 Å². The molecule has 0 aliphatic heterocycles. The zero-order chi connectivity index (χ0) is 11.3. The largest absolute Gasteiger partial charge is 0.307 e. The van der Waals surface area contributed by atoms with E-state index < -0.39 is 0 Å². The molecular formula is C13H26ClN. The molecule has 1 rings (SSSR count). The van der Waals surface area contributed by atoms with Gasteiger partial charge in [-0.15, -0.1) is 11.6 Å². The molecule has 2 unspecified atom stereocenters. The van der Waals surface area contributed by atoms with Gasteiger partial charge in [0.2, 0.25) is 0 Å². The second kappa shape index (κ2) is 6.10. The Hall–Kier alpha value is 0.250. The Morgan fingerprint density at radius 1 is 1.40 bits per heavy atom. The lowest BCUT2D eigenvalue weighted by Gasteiger charge is -2.42. The van der Waals surface area contributed by atoms with Crippen molar-refractivity contribution in [2.24, 2.45) is 5.92 Å². The van der Waals surface area contributed by atoms with Crippen LogP contribution in [0, 0.1) is 5.92 Å². The number of halogens is 1. The van der Waals surface area contributed by atoms with E-state index >= 15 is 0 Å². The molecule has 2 atom stereocenters. The normalized spacial score (nSPS) is 32.2. The van der Waals surface area contributed by atoms with E-state index in [2.05, 4.69) is 26.1 Å². The van der Waals surface area contributed by atoms with Gasteiger partial charge < -0.3 is 5.32 Å².